The number of fused-ring (bicyclic) bond motifs is 1. The topological polar surface area (TPSA) is 91.5 Å². The molecule has 7 nitrogen and oxygen atoms in total. The summed E-state index contributed by atoms with van der Waals surface area (Å²) in [5.41, 5.74) is 2.42. The van der Waals surface area contributed by atoms with Crippen LogP contribution in [0.3, 0.4) is 0 Å². The van der Waals surface area contributed by atoms with Crippen LogP contribution in [0.2, 0.25) is 0 Å². The molecule has 92 valence electrons. The highest BCUT2D eigenvalue weighted by Crippen LogP contribution is 2.36. The van der Waals surface area contributed by atoms with E-state index in [1.807, 2.05) is 0 Å². The molecule has 2 aromatic rings. The van der Waals surface area contributed by atoms with Gasteiger partial charge in [-0.1, -0.05) is 0 Å². The van der Waals surface area contributed by atoms with E-state index in [9.17, 15) is 0 Å². The van der Waals surface area contributed by atoms with Crippen molar-refractivity contribution in [3.63, 3.8) is 0 Å². The molecular weight excluding hydrogens is 236 g/mol. The molecule has 0 saturated carbocycles. The van der Waals surface area contributed by atoms with Gasteiger partial charge in [0.25, 0.3) is 0 Å². The Morgan fingerprint density at radius 1 is 1.17 bits per heavy atom. The number of ether oxygens (including phenoxy) is 3. The Kier molecular flexibility index (Phi) is 2.58. The first kappa shape index (κ1) is 10.6. The van der Waals surface area contributed by atoms with Crippen molar-refractivity contribution in [2.24, 2.45) is 5.84 Å². The van der Waals surface area contributed by atoms with Gasteiger partial charge in [-0.25, -0.2) is 15.8 Å². The van der Waals surface area contributed by atoms with Gasteiger partial charge in [-0.05, 0) is 12.1 Å². The van der Waals surface area contributed by atoms with Gasteiger partial charge >= 0.3 is 0 Å². The molecule has 3 N–H and O–H groups in total. The first-order valence-electron chi connectivity index (χ1n) is 5.21. The van der Waals surface area contributed by atoms with E-state index in [0.717, 1.165) is 0 Å². The highest BCUT2D eigenvalue weighted by Gasteiger charge is 2.14. The SMILES string of the molecule is NNc1cc(Oc2ccc3c(c2)OCO3)ncn1. The number of hydrogen-bond donors (Lipinski definition) is 2. The second-order valence-electron chi connectivity index (χ2n) is 3.50. The molecule has 0 saturated heterocycles. The summed E-state index contributed by atoms with van der Waals surface area (Å²) >= 11 is 0. The van der Waals surface area contributed by atoms with Crippen LogP contribution in [0.4, 0.5) is 5.82 Å². The van der Waals surface area contributed by atoms with E-state index in [4.69, 9.17) is 20.1 Å². The minimum atomic E-state index is 0.230. The van der Waals surface area contributed by atoms with Gasteiger partial charge in [0.15, 0.2) is 11.5 Å². The van der Waals surface area contributed by atoms with Crippen LogP contribution in [0.5, 0.6) is 23.1 Å². The fraction of sp³-hybridized carbons (Fsp3) is 0.0909. The zero-order chi connectivity index (χ0) is 12.4. The number of nitrogens with zero attached hydrogens (tertiary/aromatic N) is 2. The average Bonchev–Trinajstić information content (AvgIpc) is 2.86. The predicted octanol–water partition coefficient (Wildman–Crippen LogP) is 1.28. The van der Waals surface area contributed by atoms with Crippen molar-refractivity contribution in [1.29, 1.82) is 0 Å². The smallest absolute Gasteiger partial charge is 0.231 e. The van der Waals surface area contributed by atoms with Crippen molar-refractivity contribution in [2.45, 2.75) is 0 Å². The van der Waals surface area contributed by atoms with Crippen molar-refractivity contribution < 1.29 is 14.2 Å². The van der Waals surface area contributed by atoms with Crippen molar-refractivity contribution in [3.05, 3.63) is 30.6 Å². The molecule has 0 radical (unpaired) electrons. The van der Waals surface area contributed by atoms with E-state index in [-0.39, 0.29) is 6.79 Å². The largest absolute Gasteiger partial charge is 0.454 e. The highest BCUT2D eigenvalue weighted by atomic mass is 16.7. The number of hydrazine groups is 1. The number of nitrogen functional groups attached to an aromatic ring is 1. The van der Waals surface area contributed by atoms with Crippen molar-refractivity contribution in [2.75, 3.05) is 12.2 Å². The second kappa shape index (κ2) is 4.38. The molecule has 0 bridgehead atoms. The van der Waals surface area contributed by atoms with E-state index >= 15 is 0 Å². The van der Waals surface area contributed by atoms with Crippen LogP contribution in [-0.2, 0) is 0 Å². The third kappa shape index (κ3) is 1.98. The zero-order valence-electron chi connectivity index (χ0n) is 9.29. The maximum absolute atomic E-state index is 5.56. The fourth-order valence-corrected chi connectivity index (χ4v) is 1.54. The molecule has 0 amide bonds. The summed E-state index contributed by atoms with van der Waals surface area (Å²) in [6.45, 7) is 0.230. The van der Waals surface area contributed by atoms with Crippen LogP contribution in [0, 0.1) is 0 Å². The summed E-state index contributed by atoms with van der Waals surface area (Å²) in [7, 11) is 0. The first-order valence-corrected chi connectivity index (χ1v) is 5.21. The molecule has 1 aromatic carbocycles. The molecule has 18 heavy (non-hydrogen) atoms. The van der Waals surface area contributed by atoms with Crippen molar-refractivity contribution in [3.8, 4) is 23.1 Å². The Balaban J connectivity index is 1.83. The molecule has 0 fully saturated rings. The van der Waals surface area contributed by atoms with Crippen LogP contribution in [0.25, 0.3) is 0 Å². The van der Waals surface area contributed by atoms with Gasteiger partial charge in [0.05, 0.1) is 0 Å². The maximum atomic E-state index is 5.56. The number of anilines is 1. The number of rotatable bonds is 3. The molecule has 0 atom stereocenters. The molecule has 7 heteroatoms. The molecule has 0 aliphatic carbocycles. The number of aromatic nitrogens is 2. The van der Waals surface area contributed by atoms with Crippen LogP contribution >= 0.6 is 0 Å². The summed E-state index contributed by atoms with van der Waals surface area (Å²) in [5.74, 6) is 8.07. The quantitative estimate of drug-likeness (QED) is 0.622. The Bertz CT molecular complexity index is 576. The molecule has 1 aliphatic heterocycles. The molecular formula is C11H10N4O3. The number of nitrogens with two attached hydrogens (primary N) is 1. The van der Waals surface area contributed by atoms with E-state index in [0.29, 0.717) is 28.9 Å². The predicted molar refractivity (Wildman–Crippen MR) is 62.5 cm³/mol. The molecule has 2 heterocycles. The fourth-order valence-electron chi connectivity index (χ4n) is 1.54. The molecule has 3 rings (SSSR count). The third-order valence-electron chi connectivity index (χ3n) is 2.36. The Morgan fingerprint density at radius 2 is 2.06 bits per heavy atom. The van der Waals surface area contributed by atoms with Crippen LogP contribution in [0.1, 0.15) is 0 Å². The van der Waals surface area contributed by atoms with E-state index < -0.39 is 0 Å². The van der Waals surface area contributed by atoms with Gasteiger partial charge < -0.3 is 19.6 Å². The first-order chi connectivity index (χ1) is 8.85. The van der Waals surface area contributed by atoms with Gasteiger partial charge in [-0.15, -0.1) is 0 Å². The lowest BCUT2D eigenvalue weighted by Gasteiger charge is -2.06. The standard InChI is InChI=1S/C11H10N4O3/c12-15-10-4-11(14-5-13-10)18-7-1-2-8-9(3-7)17-6-16-8/h1-5H,6,12H2,(H,13,14,15). The number of nitrogens with one attached hydrogen (secondary N) is 1. The minimum Gasteiger partial charge on any atom is -0.454 e. The van der Waals surface area contributed by atoms with E-state index in [1.165, 1.54) is 6.33 Å². The monoisotopic (exact) mass is 246 g/mol. The maximum Gasteiger partial charge on any atom is 0.231 e. The van der Waals surface area contributed by atoms with Crippen LogP contribution in [-0.4, -0.2) is 16.8 Å². The third-order valence-corrected chi connectivity index (χ3v) is 2.36. The van der Waals surface area contributed by atoms with Gasteiger partial charge in [0, 0.05) is 12.1 Å². The van der Waals surface area contributed by atoms with Gasteiger partial charge in [-0.2, -0.15) is 0 Å². The normalized spacial score (nSPS) is 12.3. The van der Waals surface area contributed by atoms with E-state index in [2.05, 4.69) is 15.4 Å². The zero-order valence-corrected chi connectivity index (χ0v) is 9.29. The summed E-state index contributed by atoms with van der Waals surface area (Å²) in [4.78, 5) is 7.86. The second-order valence-corrected chi connectivity index (χ2v) is 3.50. The van der Waals surface area contributed by atoms with Gasteiger partial charge in [0.2, 0.25) is 12.7 Å². The lowest BCUT2D eigenvalue weighted by atomic mass is 10.3. The average molecular weight is 246 g/mol. The van der Waals surface area contributed by atoms with Crippen LogP contribution < -0.4 is 25.5 Å². The summed E-state index contributed by atoms with van der Waals surface area (Å²) in [6, 6.07) is 6.87. The summed E-state index contributed by atoms with van der Waals surface area (Å²) < 4.78 is 16.0. The lowest BCUT2D eigenvalue weighted by Crippen LogP contribution is -2.08. The summed E-state index contributed by atoms with van der Waals surface area (Å²) in [6.07, 6.45) is 1.36. The molecule has 1 aromatic heterocycles. The van der Waals surface area contributed by atoms with Crippen LogP contribution in [0.15, 0.2) is 30.6 Å². The Labute approximate surface area is 102 Å². The minimum absolute atomic E-state index is 0.230. The Hall–Kier alpha value is -2.54. The molecule has 0 spiro atoms. The lowest BCUT2D eigenvalue weighted by molar-refractivity contribution is 0.174. The highest BCUT2D eigenvalue weighted by molar-refractivity contribution is 5.48. The van der Waals surface area contributed by atoms with Gasteiger partial charge in [-0.3, -0.25) is 0 Å². The van der Waals surface area contributed by atoms with Crippen molar-refractivity contribution in [1.82, 2.24) is 9.97 Å². The Morgan fingerprint density at radius 3 is 2.94 bits per heavy atom. The van der Waals surface area contributed by atoms with Crippen molar-refractivity contribution >= 4 is 5.82 Å². The molecule has 0 unspecified atom stereocenters. The molecule has 1 aliphatic rings. The number of benzene rings is 1. The van der Waals surface area contributed by atoms with Gasteiger partial charge in [0.1, 0.15) is 17.9 Å². The van der Waals surface area contributed by atoms with E-state index in [1.54, 1.807) is 24.3 Å². The summed E-state index contributed by atoms with van der Waals surface area (Å²) in [5, 5.41) is 0. The number of hydrogen-bond acceptors (Lipinski definition) is 7.